The number of nitrogens with zero attached hydrogens (tertiary/aromatic N) is 1. The normalized spacial score (nSPS) is 18.9. The van der Waals surface area contributed by atoms with E-state index in [9.17, 15) is 4.79 Å². The Hall–Kier alpha value is -1.96. The molecule has 0 bridgehead atoms. The van der Waals surface area contributed by atoms with Crippen LogP contribution in [0.15, 0.2) is 50.8 Å². The molecule has 126 valence electrons. The number of halogens is 2. The fourth-order valence-corrected chi connectivity index (χ4v) is 3.76. The monoisotopic (exact) mass is 436 g/mol. The van der Waals surface area contributed by atoms with E-state index in [1.54, 1.807) is 18.2 Å². The summed E-state index contributed by atoms with van der Waals surface area (Å²) < 4.78 is 11.5. The molecule has 0 atom stereocenters. The molecule has 0 aliphatic carbocycles. The molecule has 0 saturated carbocycles. The first kappa shape index (κ1) is 16.5. The van der Waals surface area contributed by atoms with Gasteiger partial charge >= 0.3 is 0 Å². The molecule has 1 saturated heterocycles. The van der Waals surface area contributed by atoms with Gasteiger partial charge in [0.25, 0.3) is 5.91 Å². The van der Waals surface area contributed by atoms with Crippen LogP contribution in [0, 0.1) is 0 Å². The highest BCUT2D eigenvalue weighted by atomic mass is 79.9. The number of ether oxygens (including phenoxy) is 2. The fraction of sp³-hybridized carbons (Fsp3) is 0.0588. The van der Waals surface area contributed by atoms with Gasteiger partial charge in [0.2, 0.25) is 6.79 Å². The smallest absolute Gasteiger partial charge is 0.264 e. The first-order chi connectivity index (χ1) is 12.1. The molecule has 0 unspecified atom stereocenters. The minimum atomic E-state index is -0.208. The number of hydrogen-bond acceptors (Lipinski definition) is 5. The van der Waals surface area contributed by atoms with Crippen molar-refractivity contribution < 1.29 is 14.3 Å². The van der Waals surface area contributed by atoms with Crippen molar-refractivity contribution in [3.63, 3.8) is 0 Å². The summed E-state index contributed by atoms with van der Waals surface area (Å²) in [5, 5.41) is 3.76. The predicted octanol–water partition coefficient (Wildman–Crippen LogP) is 4.72. The molecule has 2 aromatic rings. The first-order valence-electron chi connectivity index (χ1n) is 7.23. The molecule has 2 aliphatic heterocycles. The summed E-state index contributed by atoms with van der Waals surface area (Å²) in [5.41, 5.74) is 1.43. The molecule has 8 heteroatoms. The lowest BCUT2D eigenvalue weighted by Gasteiger charge is -2.02. The standard InChI is InChI=1S/C17H10BrClN2O3S/c18-10-7-14-13(23-8-24-14)5-9(10)6-15-16(22)21-17(25-15)20-12-4-2-1-3-11(12)19/h1-7H,8H2,(H,20,21,22). The van der Waals surface area contributed by atoms with Gasteiger partial charge in [0.05, 0.1) is 15.6 Å². The fourth-order valence-electron chi connectivity index (χ4n) is 2.32. The lowest BCUT2D eigenvalue weighted by Crippen LogP contribution is -2.19. The van der Waals surface area contributed by atoms with E-state index in [4.69, 9.17) is 21.1 Å². The van der Waals surface area contributed by atoms with E-state index in [2.05, 4.69) is 26.2 Å². The number of benzene rings is 2. The van der Waals surface area contributed by atoms with E-state index < -0.39 is 0 Å². The van der Waals surface area contributed by atoms with Gasteiger partial charge in [-0.3, -0.25) is 4.79 Å². The van der Waals surface area contributed by atoms with Crippen LogP contribution in [-0.4, -0.2) is 17.9 Å². The molecule has 1 fully saturated rings. The third-order valence-corrected chi connectivity index (χ3v) is 5.42. The van der Waals surface area contributed by atoms with E-state index in [0.717, 1.165) is 10.0 Å². The van der Waals surface area contributed by atoms with Gasteiger partial charge in [-0.05, 0) is 47.7 Å². The number of hydrogen-bond donors (Lipinski definition) is 1. The van der Waals surface area contributed by atoms with Crippen molar-refractivity contribution in [1.29, 1.82) is 0 Å². The molecule has 0 aromatic heterocycles. The van der Waals surface area contributed by atoms with Crippen LogP contribution in [0.1, 0.15) is 5.56 Å². The van der Waals surface area contributed by atoms with Gasteiger partial charge in [0, 0.05) is 4.47 Å². The van der Waals surface area contributed by atoms with E-state index >= 15 is 0 Å². The van der Waals surface area contributed by atoms with E-state index in [-0.39, 0.29) is 12.7 Å². The summed E-state index contributed by atoms with van der Waals surface area (Å²) in [6.45, 7) is 0.200. The molecule has 1 N–H and O–H groups in total. The number of carbonyl (C=O) groups excluding carboxylic acids is 1. The van der Waals surface area contributed by atoms with Crippen LogP contribution in [0.2, 0.25) is 5.02 Å². The summed E-state index contributed by atoms with van der Waals surface area (Å²) in [5.74, 6) is 1.13. The predicted molar refractivity (Wildman–Crippen MR) is 103 cm³/mol. The third kappa shape index (κ3) is 3.40. The van der Waals surface area contributed by atoms with Gasteiger partial charge in [0.1, 0.15) is 0 Å². The number of aliphatic imine (C=N–C) groups is 1. The van der Waals surface area contributed by atoms with Crippen molar-refractivity contribution in [3.05, 3.63) is 56.4 Å². The summed E-state index contributed by atoms with van der Waals surface area (Å²) in [7, 11) is 0. The van der Waals surface area contributed by atoms with Crippen LogP contribution in [0.4, 0.5) is 5.69 Å². The topological polar surface area (TPSA) is 59.9 Å². The second-order valence-corrected chi connectivity index (χ2v) is 7.45. The molecular formula is C17H10BrClN2O3S. The second-order valence-electron chi connectivity index (χ2n) is 5.16. The molecule has 4 rings (SSSR count). The second kappa shape index (κ2) is 6.74. The molecule has 0 spiro atoms. The number of rotatable bonds is 2. The molecule has 0 radical (unpaired) electrons. The Balaban J connectivity index is 1.63. The van der Waals surface area contributed by atoms with Crippen molar-refractivity contribution in [2.75, 3.05) is 6.79 Å². The van der Waals surface area contributed by atoms with Crippen molar-refractivity contribution in [2.45, 2.75) is 0 Å². The number of carbonyl (C=O) groups is 1. The van der Waals surface area contributed by atoms with Crippen LogP contribution < -0.4 is 14.8 Å². The Kier molecular flexibility index (Phi) is 4.45. The summed E-state index contributed by atoms with van der Waals surface area (Å²) in [6.07, 6.45) is 1.78. The Morgan fingerprint density at radius 1 is 1.24 bits per heavy atom. The average molecular weight is 438 g/mol. The zero-order valence-corrected chi connectivity index (χ0v) is 15.7. The van der Waals surface area contributed by atoms with E-state index in [1.165, 1.54) is 11.8 Å². The number of amides is 1. The minimum absolute atomic E-state index is 0.200. The number of nitrogens with one attached hydrogen (secondary N) is 1. The maximum Gasteiger partial charge on any atom is 0.264 e. The van der Waals surface area contributed by atoms with E-state index in [0.29, 0.717) is 32.3 Å². The van der Waals surface area contributed by atoms with Crippen LogP contribution >= 0.6 is 39.3 Å². The van der Waals surface area contributed by atoms with Crippen molar-refractivity contribution in [3.8, 4) is 11.5 Å². The van der Waals surface area contributed by atoms with Gasteiger partial charge in [-0.1, -0.05) is 39.7 Å². The SMILES string of the molecule is O=C1NC(=Nc2ccccc2Cl)SC1=Cc1cc2c(cc1Br)OCO2. The maximum absolute atomic E-state index is 12.2. The van der Waals surface area contributed by atoms with Crippen LogP contribution in [0.5, 0.6) is 11.5 Å². The maximum atomic E-state index is 12.2. The molecule has 5 nitrogen and oxygen atoms in total. The number of amidine groups is 1. The number of fused-ring (bicyclic) bond motifs is 1. The Labute approximate surface area is 161 Å². The van der Waals surface area contributed by atoms with Gasteiger partial charge in [-0.15, -0.1) is 0 Å². The largest absolute Gasteiger partial charge is 0.454 e. The van der Waals surface area contributed by atoms with Crippen LogP contribution in [-0.2, 0) is 4.79 Å². The Bertz CT molecular complexity index is 945. The average Bonchev–Trinajstić information content (AvgIpc) is 3.16. The zero-order chi connectivity index (χ0) is 17.4. The van der Waals surface area contributed by atoms with Crippen molar-refractivity contribution in [2.24, 2.45) is 4.99 Å². The minimum Gasteiger partial charge on any atom is -0.454 e. The summed E-state index contributed by atoms with van der Waals surface area (Å²) >= 11 is 10.8. The quantitative estimate of drug-likeness (QED) is 0.691. The van der Waals surface area contributed by atoms with Crippen LogP contribution in [0.25, 0.3) is 6.08 Å². The van der Waals surface area contributed by atoms with Crippen LogP contribution in [0.3, 0.4) is 0 Å². The lowest BCUT2D eigenvalue weighted by atomic mass is 10.2. The Morgan fingerprint density at radius 3 is 2.80 bits per heavy atom. The Morgan fingerprint density at radius 2 is 2.00 bits per heavy atom. The third-order valence-electron chi connectivity index (χ3n) is 3.50. The van der Waals surface area contributed by atoms with Gasteiger partial charge < -0.3 is 14.8 Å². The highest BCUT2D eigenvalue weighted by molar-refractivity contribution is 9.10. The lowest BCUT2D eigenvalue weighted by molar-refractivity contribution is -0.115. The van der Waals surface area contributed by atoms with Gasteiger partial charge in [-0.2, -0.15) is 0 Å². The molecule has 2 aliphatic rings. The van der Waals surface area contributed by atoms with Crippen molar-refractivity contribution >= 4 is 62.1 Å². The molecule has 1 amide bonds. The van der Waals surface area contributed by atoms with Crippen molar-refractivity contribution in [1.82, 2.24) is 5.32 Å². The van der Waals surface area contributed by atoms with E-state index in [1.807, 2.05) is 24.3 Å². The molecular weight excluding hydrogens is 428 g/mol. The highest BCUT2D eigenvalue weighted by Gasteiger charge is 2.25. The highest BCUT2D eigenvalue weighted by Crippen LogP contribution is 2.39. The molecule has 2 heterocycles. The number of para-hydroxylation sites is 1. The molecule has 2 aromatic carbocycles. The molecule has 25 heavy (non-hydrogen) atoms. The van der Waals surface area contributed by atoms with Gasteiger partial charge in [0.15, 0.2) is 16.7 Å². The summed E-state index contributed by atoms with van der Waals surface area (Å²) in [4.78, 5) is 17.2. The zero-order valence-electron chi connectivity index (χ0n) is 12.6. The van der Waals surface area contributed by atoms with Gasteiger partial charge in [-0.25, -0.2) is 4.99 Å². The summed E-state index contributed by atoms with van der Waals surface area (Å²) in [6, 6.07) is 10.9. The number of thioether (sulfide) groups is 1. The first-order valence-corrected chi connectivity index (χ1v) is 9.22.